The quantitative estimate of drug-likeness (QED) is 0.729. The lowest BCUT2D eigenvalue weighted by molar-refractivity contribution is -0.274. The maximum Gasteiger partial charge on any atom is 0.573 e. The van der Waals surface area contributed by atoms with Crippen molar-refractivity contribution in [3.8, 4) is 34.2 Å². The molecule has 0 aliphatic heterocycles. The number of nitrogens with zero attached hydrogens (tertiary/aromatic N) is 3. The van der Waals surface area contributed by atoms with E-state index in [1.807, 2.05) is 6.07 Å². The van der Waals surface area contributed by atoms with Gasteiger partial charge in [0.05, 0.1) is 0 Å². The summed E-state index contributed by atoms with van der Waals surface area (Å²) < 4.78 is 42.2. The third kappa shape index (κ3) is 3.34. The molecule has 0 aliphatic rings. The third-order valence-corrected chi connectivity index (χ3v) is 4.17. The molecule has 1 aromatic carbocycles. The van der Waals surface area contributed by atoms with Gasteiger partial charge < -0.3 is 4.74 Å². The number of thiophene rings is 1. The van der Waals surface area contributed by atoms with Crippen LogP contribution in [0, 0.1) is 11.3 Å². The van der Waals surface area contributed by atoms with E-state index in [0.29, 0.717) is 15.5 Å². The lowest BCUT2D eigenvalue weighted by Gasteiger charge is -2.12. The van der Waals surface area contributed by atoms with Crippen LogP contribution in [-0.4, -0.2) is 21.8 Å². The molecule has 0 saturated heterocycles. The number of benzene rings is 1. The predicted molar refractivity (Wildman–Crippen MR) is 81.5 cm³/mol. The molecule has 0 bridgehead atoms. The molecule has 10 heteroatoms. The van der Waals surface area contributed by atoms with Gasteiger partial charge in [-0.2, -0.15) is 5.26 Å². The van der Waals surface area contributed by atoms with Crippen molar-refractivity contribution in [3.63, 3.8) is 0 Å². The summed E-state index contributed by atoms with van der Waals surface area (Å²) in [5.41, 5.74) is 1.36. The van der Waals surface area contributed by atoms with Gasteiger partial charge in [-0.1, -0.05) is 16.8 Å². The highest BCUT2D eigenvalue weighted by molar-refractivity contribution is 7.15. The predicted octanol–water partition coefficient (Wildman–Crippen LogP) is 4.62. The monoisotopic (exact) mass is 370 g/mol. The van der Waals surface area contributed by atoms with Gasteiger partial charge in [0.1, 0.15) is 21.8 Å². The zero-order valence-electron chi connectivity index (χ0n) is 11.6. The summed E-state index contributed by atoms with van der Waals surface area (Å²) in [7, 11) is 0. The highest BCUT2D eigenvalue weighted by Gasteiger charge is 2.31. The molecule has 0 aliphatic carbocycles. The molecule has 3 aromatic rings. The van der Waals surface area contributed by atoms with Gasteiger partial charge in [0.2, 0.25) is 0 Å². The zero-order chi connectivity index (χ0) is 17.3. The molecule has 2 aromatic heterocycles. The lowest BCUT2D eigenvalue weighted by atomic mass is 10.0. The molecule has 3 rings (SSSR count). The molecule has 0 spiro atoms. The molecule has 24 heavy (non-hydrogen) atoms. The van der Waals surface area contributed by atoms with Crippen molar-refractivity contribution in [2.45, 2.75) is 6.36 Å². The van der Waals surface area contributed by atoms with Crippen LogP contribution in [0.5, 0.6) is 5.75 Å². The van der Waals surface area contributed by atoms with E-state index in [2.05, 4.69) is 20.1 Å². The number of halogens is 4. The molecule has 0 amide bonds. The first-order valence-electron chi connectivity index (χ1n) is 6.33. The van der Waals surface area contributed by atoms with Gasteiger partial charge in [-0.15, -0.1) is 29.6 Å². The van der Waals surface area contributed by atoms with Gasteiger partial charge >= 0.3 is 6.36 Å². The van der Waals surface area contributed by atoms with Crippen LogP contribution in [-0.2, 0) is 0 Å². The van der Waals surface area contributed by atoms with Crippen molar-refractivity contribution in [2.75, 3.05) is 0 Å². The van der Waals surface area contributed by atoms with Crippen molar-refractivity contribution < 1.29 is 17.9 Å². The number of H-pyrrole nitrogens is 1. The summed E-state index contributed by atoms with van der Waals surface area (Å²) in [5.74, 6) is -0.441. The number of nitrogens with one attached hydrogen (secondary N) is 1. The molecule has 0 radical (unpaired) electrons. The van der Waals surface area contributed by atoms with Crippen LogP contribution in [0.2, 0.25) is 4.34 Å². The van der Waals surface area contributed by atoms with E-state index in [1.165, 1.54) is 17.4 Å². The van der Waals surface area contributed by atoms with Crippen LogP contribution in [0.1, 0.15) is 5.69 Å². The molecule has 0 fully saturated rings. The Bertz CT molecular complexity index is 929. The number of aromatic nitrogens is 3. The number of rotatable bonds is 3. The van der Waals surface area contributed by atoms with E-state index in [9.17, 15) is 13.2 Å². The second-order valence-electron chi connectivity index (χ2n) is 4.55. The normalized spacial score (nSPS) is 11.3. The largest absolute Gasteiger partial charge is 0.573 e. The topological polar surface area (TPSA) is 74.6 Å². The highest BCUT2D eigenvalue weighted by Crippen LogP contribution is 2.38. The van der Waals surface area contributed by atoms with Gasteiger partial charge in [0.25, 0.3) is 0 Å². The van der Waals surface area contributed by atoms with Gasteiger partial charge in [0, 0.05) is 11.1 Å². The maximum atomic E-state index is 12.6. The average molecular weight is 371 g/mol. The maximum absolute atomic E-state index is 12.6. The van der Waals surface area contributed by atoms with Gasteiger partial charge in [-0.3, -0.25) is 0 Å². The molecular weight excluding hydrogens is 365 g/mol. The Kier molecular flexibility index (Phi) is 4.17. The average Bonchev–Trinajstić information content (AvgIpc) is 3.13. The van der Waals surface area contributed by atoms with E-state index >= 15 is 0 Å². The summed E-state index contributed by atoms with van der Waals surface area (Å²) in [6.07, 6.45) is -4.85. The fourth-order valence-electron chi connectivity index (χ4n) is 2.09. The molecule has 1 N–H and O–H groups in total. The summed E-state index contributed by atoms with van der Waals surface area (Å²) in [6, 6.07) is 7.44. The van der Waals surface area contributed by atoms with Crippen LogP contribution in [0.3, 0.4) is 0 Å². The Morgan fingerprint density at radius 2 is 2.00 bits per heavy atom. The van der Waals surface area contributed by atoms with Crippen molar-refractivity contribution in [2.24, 2.45) is 0 Å². The van der Waals surface area contributed by atoms with Crippen LogP contribution in [0.25, 0.3) is 22.4 Å². The SMILES string of the molecule is N#Cc1[nH]nnc1-c1cc(OC(F)(F)F)cc(-c2ccsc2Cl)c1. The number of hydrogen-bond donors (Lipinski definition) is 1. The van der Waals surface area contributed by atoms with E-state index in [1.54, 1.807) is 17.5 Å². The van der Waals surface area contributed by atoms with E-state index in [0.717, 1.165) is 6.07 Å². The van der Waals surface area contributed by atoms with Gasteiger partial charge in [-0.25, -0.2) is 5.10 Å². The minimum Gasteiger partial charge on any atom is -0.406 e. The van der Waals surface area contributed by atoms with Crippen molar-refractivity contribution in [1.82, 2.24) is 15.4 Å². The van der Waals surface area contributed by atoms with Crippen LogP contribution >= 0.6 is 22.9 Å². The van der Waals surface area contributed by atoms with Gasteiger partial charge in [-0.05, 0) is 35.2 Å². The molecule has 5 nitrogen and oxygen atoms in total. The number of alkyl halides is 3. The Hall–Kier alpha value is -2.57. The van der Waals surface area contributed by atoms with Crippen molar-refractivity contribution >= 4 is 22.9 Å². The standard InChI is InChI=1S/C14H6ClF3N4OS/c15-13-10(1-2-24-13)7-3-8(12-11(6-19)20-22-21-12)5-9(4-7)23-14(16,17)18/h1-5H,(H,20,21,22). The first-order chi connectivity index (χ1) is 11.4. The minimum absolute atomic E-state index is 0.0292. The van der Waals surface area contributed by atoms with Crippen LogP contribution in [0.4, 0.5) is 13.2 Å². The molecule has 0 atom stereocenters. The van der Waals surface area contributed by atoms with E-state index in [-0.39, 0.29) is 17.0 Å². The minimum atomic E-state index is -4.85. The third-order valence-electron chi connectivity index (χ3n) is 3.00. The molecular formula is C14H6ClF3N4OS. The molecule has 0 unspecified atom stereocenters. The lowest BCUT2D eigenvalue weighted by Crippen LogP contribution is -2.17. The first kappa shape index (κ1) is 16.3. The highest BCUT2D eigenvalue weighted by atomic mass is 35.5. The summed E-state index contributed by atoms with van der Waals surface area (Å²) in [6.45, 7) is 0. The number of ether oxygens (including phenoxy) is 1. The summed E-state index contributed by atoms with van der Waals surface area (Å²) in [4.78, 5) is 0. The fraction of sp³-hybridized carbons (Fsp3) is 0.0714. The van der Waals surface area contributed by atoms with E-state index < -0.39 is 12.1 Å². The second-order valence-corrected chi connectivity index (χ2v) is 6.07. The Labute approximate surface area is 142 Å². The number of nitriles is 1. The van der Waals surface area contributed by atoms with Crippen LogP contribution in [0.15, 0.2) is 29.6 Å². The second kappa shape index (κ2) is 6.14. The fourth-order valence-corrected chi connectivity index (χ4v) is 3.06. The van der Waals surface area contributed by atoms with Crippen LogP contribution < -0.4 is 4.74 Å². The zero-order valence-corrected chi connectivity index (χ0v) is 13.1. The number of aromatic amines is 1. The van der Waals surface area contributed by atoms with E-state index in [4.69, 9.17) is 16.9 Å². The smallest absolute Gasteiger partial charge is 0.406 e. The molecule has 0 saturated carbocycles. The van der Waals surface area contributed by atoms with Gasteiger partial charge in [0.15, 0.2) is 5.69 Å². The summed E-state index contributed by atoms with van der Waals surface area (Å²) >= 11 is 7.31. The molecule has 122 valence electrons. The Balaban J connectivity index is 2.17. The van der Waals surface area contributed by atoms with Crippen molar-refractivity contribution in [3.05, 3.63) is 39.7 Å². The summed E-state index contributed by atoms with van der Waals surface area (Å²) in [5, 5.41) is 20.4. The first-order valence-corrected chi connectivity index (χ1v) is 7.59. The molecule has 2 heterocycles. The van der Waals surface area contributed by atoms with Crippen molar-refractivity contribution in [1.29, 1.82) is 5.26 Å². The number of hydrogen-bond acceptors (Lipinski definition) is 5. The Morgan fingerprint density at radius 3 is 2.62 bits per heavy atom. The Morgan fingerprint density at radius 1 is 1.25 bits per heavy atom.